The van der Waals surface area contributed by atoms with Crippen molar-refractivity contribution >= 4 is 0 Å². The van der Waals surface area contributed by atoms with Gasteiger partial charge in [-0.05, 0) is 74.2 Å². The van der Waals surface area contributed by atoms with Crippen molar-refractivity contribution in [2.24, 2.45) is 0 Å². The Morgan fingerprint density at radius 2 is 1.89 bits per heavy atom. The van der Waals surface area contributed by atoms with Gasteiger partial charge in [0.25, 0.3) is 0 Å². The summed E-state index contributed by atoms with van der Waals surface area (Å²) in [6, 6.07) is 4.05. The summed E-state index contributed by atoms with van der Waals surface area (Å²) >= 11 is 0. The Labute approximate surface area is 164 Å². The molecule has 27 heavy (non-hydrogen) atoms. The largest absolute Gasteiger partial charge is 0.493 e. The maximum Gasteiger partial charge on any atom is 0.161 e. The van der Waals surface area contributed by atoms with E-state index in [0.717, 1.165) is 43.0 Å². The van der Waals surface area contributed by atoms with Gasteiger partial charge in [0.1, 0.15) is 0 Å². The zero-order valence-electron chi connectivity index (χ0n) is 17.3. The Hall–Kier alpha value is -2.22. The summed E-state index contributed by atoms with van der Waals surface area (Å²) in [5.74, 6) is 4.01. The topological polar surface area (TPSA) is 39.7 Å². The standard InChI is InChI=1S/C23H33NO3/c1-7-10-11-19(8-2)16-24-13-12-18(4)27-17-21-15-23(26-6)22(25-5)14-20(21)9-3/h1,8,10-11,14-15,18,24H,9,12-13,16-17H2,2-6H3/b11-10-,19-8+. The van der Waals surface area contributed by atoms with E-state index in [9.17, 15) is 0 Å². The average molecular weight is 372 g/mol. The van der Waals surface area contributed by atoms with Crippen molar-refractivity contribution in [2.75, 3.05) is 27.3 Å². The summed E-state index contributed by atoms with van der Waals surface area (Å²) in [5.41, 5.74) is 3.54. The molecule has 0 saturated carbocycles. The van der Waals surface area contributed by atoms with E-state index in [4.69, 9.17) is 20.6 Å². The molecule has 148 valence electrons. The van der Waals surface area contributed by atoms with Crippen molar-refractivity contribution < 1.29 is 14.2 Å². The van der Waals surface area contributed by atoms with Crippen LogP contribution in [-0.2, 0) is 17.8 Å². The molecule has 1 N–H and O–H groups in total. The van der Waals surface area contributed by atoms with Crippen molar-refractivity contribution in [3.8, 4) is 23.8 Å². The van der Waals surface area contributed by atoms with Crippen molar-refractivity contribution in [2.45, 2.75) is 46.3 Å². The van der Waals surface area contributed by atoms with Gasteiger partial charge >= 0.3 is 0 Å². The summed E-state index contributed by atoms with van der Waals surface area (Å²) in [5, 5.41) is 3.43. The van der Waals surface area contributed by atoms with Crippen LogP contribution in [0.5, 0.6) is 11.5 Å². The normalized spacial score (nSPS) is 12.8. The van der Waals surface area contributed by atoms with Gasteiger partial charge in [0.15, 0.2) is 11.5 Å². The van der Waals surface area contributed by atoms with Crippen LogP contribution in [0.3, 0.4) is 0 Å². The highest BCUT2D eigenvalue weighted by molar-refractivity contribution is 5.47. The number of rotatable bonds is 12. The molecule has 0 saturated heterocycles. The molecule has 0 aliphatic heterocycles. The number of hydrogen-bond donors (Lipinski definition) is 1. The van der Waals surface area contributed by atoms with Crippen LogP contribution < -0.4 is 14.8 Å². The molecule has 0 spiro atoms. The highest BCUT2D eigenvalue weighted by Crippen LogP contribution is 2.31. The number of nitrogens with one attached hydrogen (secondary N) is 1. The minimum absolute atomic E-state index is 0.158. The fraction of sp³-hybridized carbons (Fsp3) is 0.478. The van der Waals surface area contributed by atoms with Crippen molar-refractivity contribution in [1.82, 2.24) is 5.32 Å². The minimum atomic E-state index is 0.158. The summed E-state index contributed by atoms with van der Waals surface area (Å²) in [4.78, 5) is 0. The number of allylic oxidation sites excluding steroid dienone is 2. The smallest absolute Gasteiger partial charge is 0.161 e. The van der Waals surface area contributed by atoms with Crippen molar-refractivity contribution in [3.63, 3.8) is 0 Å². The average Bonchev–Trinajstić information content (AvgIpc) is 2.70. The number of ether oxygens (including phenoxy) is 3. The second-order valence-corrected chi connectivity index (χ2v) is 6.28. The fourth-order valence-corrected chi connectivity index (χ4v) is 2.69. The van der Waals surface area contributed by atoms with Gasteiger partial charge in [-0.15, -0.1) is 6.42 Å². The van der Waals surface area contributed by atoms with Gasteiger partial charge in [-0.3, -0.25) is 0 Å². The Bertz CT molecular complexity index is 671. The number of aryl methyl sites for hydroxylation is 1. The molecule has 1 aromatic carbocycles. The molecule has 0 aliphatic carbocycles. The lowest BCUT2D eigenvalue weighted by Crippen LogP contribution is -2.22. The van der Waals surface area contributed by atoms with Crippen LogP contribution >= 0.6 is 0 Å². The molecule has 1 aromatic rings. The lowest BCUT2D eigenvalue weighted by molar-refractivity contribution is 0.0474. The third kappa shape index (κ3) is 7.90. The van der Waals surface area contributed by atoms with E-state index in [0.29, 0.717) is 6.61 Å². The third-order valence-corrected chi connectivity index (χ3v) is 4.43. The number of terminal acetylenes is 1. The van der Waals surface area contributed by atoms with Gasteiger partial charge in [0, 0.05) is 6.54 Å². The van der Waals surface area contributed by atoms with Crippen LogP contribution in [-0.4, -0.2) is 33.4 Å². The van der Waals surface area contributed by atoms with Gasteiger partial charge in [-0.1, -0.05) is 18.9 Å². The quantitative estimate of drug-likeness (QED) is 0.338. The molecule has 0 bridgehead atoms. The van der Waals surface area contributed by atoms with E-state index >= 15 is 0 Å². The van der Waals surface area contributed by atoms with Crippen LogP contribution in [0.4, 0.5) is 0 Å². The lowest BCUT2D eigenvalue weighted by atomic mass is 10.0. The molecule has 0 fully saturated rings. The van der Waals surface area contributed by atoms with Gasteiger partial charge in [-0.25, -0.2) is 0 Å². The number of benzene rings is 1. The zero-order valence-corrected chi connectivity index (χ0v) is 17.3. The van der Waals surface area contributed by atoms with Crippen LogP contribution in [0, 0.1) is 12.3 Å². The van der Waals surface area contributed by atoms with Crippen molar-refractivity contribution in [3.05, 3.63) is 47.1 Å². The van der Waals surface area contributed by atoms with E-state index in [2.05, 4.69) is 31.2 Å². The first kappa shape index (κ1) is 22.8. The SMILES string of the molecule is C#C/C=C\C(=C/C)CNCCC(C)OCc1cc(OC)c(OC)cc1CC. The Balaban J connectivity index is 2.49. The lowest BCUT2D eigenvalue weighted by Gasteiger charge is -2.17. The molecule has 0 aromatic heterocycles. The summed E-state index contributed by atoms with van der Waals surface area (Å²) < 4.78 is 16.8. The summed E-state index contributed by atoms with van der Waals surface area (Å²) in [7, 11) is 3.31. The first-order chi connectivity index (χ1) is 13.1. The molecule has 1 rings (SSSR count). The predicted octanol–water partition coefficient (Wildman–Crippen LogP) is 4.29. The first-order valence-electron chi connectivity index (χ1n) is 9.43. The maximum atomic E-state index is 6.05. The Morgan fingerprint density at radius 1 is 1.22 bits per heavy atom. The number of methoxy groups -OCH3 is 2. The monoisotopic (exact) mass is 371 g/mol. The molecule has 0 radical (unpaired) electrons. The van der Waals surface area contributed by atoms with E-state index in [1.165, 1.54) is 11.1 Å². The molecule has 4 heteroatoms. The van der Waals surface area contributed by atoms with Crippen molar-refractivity contribution in [1.29, 1.82) is 0 Å². The third-order valence-electron chi connectivity index (χ3n) is 4.43. The first-order valence-corrected chi connectivity index (χ1v) is 9.43. The fourth-order valence-electron chi connectivity index (χ4n) is 2.69. The molecular formula is C23H33NO3. The highest BCUT2D eigenvalue weighted by Gasteiger charge is 2.11. The van der Waals surface area contributed by atoms with Crippen LogP contribution in [0.2, 0.25) is 0 Å². The highest BCUT2D eigenvalue weighted by atomic mass is 16.5. The Morgan fingerprint density at radius 3 is 2.44 bits per heavy atom. The van der Waals surface area contributed by atoms with Gasteiger partial charge < -0.3 is 19.5 Å². The summed E-state index contributed by atoms with van der Waals surface area (Å²) in [6.45, 7) is 8.49. The zero-order chi connectivity index (χ0) is 20.1. The van der Waals surface area contributed by atoms with Gasteiger partial charge in [0.2, 0.25) is 0 Å². The molecule has 4 nitrogen and oxygen atoms in total. The van der Waals surface area contributed by atoms with E-state index in [-0.39, 0.29) is 6.10 Å². The van der Waals surface area contributed by atoms with Crippen LogP contribution in [0.1, 0.15) is 38.3 Å². The minimum Gasteiger partial charge on any atom is -0.493 e. The van der Waals surface area contributed by atoms with E-state index in [1.807, 2.05) is 25.1 Å². The van der Waals surface area contributed by atoms with Crippen LogP contribution in [0.25, 0.3) is 0 Å². The predicted molar refractivity (Wildman–Crippen MR) is 112 cm³/mol. The molecule has 1 unspecified atom stereocenters. The molecule has 0 heterocycles. The summed E-state index contributed by atoms with van der Waals surface area (Å²) in [6.07, 6.45) is 13.0. The second-order valence-electron chi connectivity index (χ2n) is 6.28. The van der Waals surface area contributed by atoms with E-state index < -0.39 is 0 Å². The Kier molecular flexibility index (Phi) is 11.0. The second kappa shape index (κ2) is 13.0. The molecule has 0 aliphatic rings. The van der Waals surface area contributed by atoms with Crippen LogP contribution in [0.15, 0.2) is 35.9 Å². The van der Waals surface area contributed by atoms with E-state index in [1.54, 1.807) is 20.3 Å². The number of hydrogen-bond acceptors (Lipinski definition) is 4. The van der Waals surface area contributed by atoms with Gasteiger partial charge in [-0.2, -0.15) is 0 Å². The molecular weight excluding hydrogens is 338 g/mol. The molecule has 1 atom stereocenters. The molecule has 0 amide bonds. The van der Waals surface area contributed by atoms with Gasteiger partial charge in [0.05, 0.1) is 26.9 Å². The maximum absolute atomic E-state index is 6.05.